The molecular weight excluding hydrogens is 282 g/mol. The lowest BCUT2D eigenvalue weighted by molar-refractivity contribution is 0.387. The zero-order chi connectivity index (χ0) is 11.5. The van der Waals surface area contributed by atoms with E-state index >= 15 is 0 Å². The third-order valence-electron chi connectivity index (χ3n) is 2.64. The van der Waals surface area contributed by atoms with Crippen molar-refractivity contribution < 1.29 is 0 Å². The first-order valence-corrected chi connectivity index (χ1v) is 6.96. The van der Waals surface area contributed by atoms with Gasteiger partial charge in [-0.2, -0.15) is 0 Å². The number of nitrogens with zero attached hydrogens (tertiary/aromatic N) is 1. The Morgan fingerprint density at radius 3 is 2.69 bits per heavy atom. The van der Waals surface area contributed by atoms with E-state index in [1.54, 1.807) is 11.8 Å². The van der Waals surface area contributed by atoms with Crippen molar-refractivity contribution in [3.63, 3.8) is 0 Å². The summed E-state index contributed by atoms with van der Waals surface area (Å²) in [5, 5.41) is 0. The van der Waals surface area contributed by atoms with Crippen molar-refractivity contribution in [1.82, 2.24) is 4.90 Å². The Hall–Kier alpha value is -0.670. The van der Waals surface area contributed by atoms with Gasteiger partial charge in [0.15, 0.2) is 0 Å². The van der Waals surface area contributed by atoms with E-state index < -0.39 is 0 Å². The summed E-state index contributed by atoms with van der Waals surface area (Å²) < 4.78 is 0.320. The summed E-state index contributed by atoms with van der Waals surface area (Å²) in [6, 6.07) is 10.5. The Kier molecular flexibility index (Phi) is 3.77. The Labute approximate surface area is 109 Å². The SMILES string of the molecule is C=CC1=C(C)N(Cc2ccccc2)C(Br)S1. The topological polar surface area (TPSA) is 3.24 Å². The van der Waals surface area contributed by atoms with Crippen LogP contribution < -0.4 is 0 Å². The van der Waals surface area contributed by atoms with E-state index in [4.69, 9.17) is 0 Å². The van der Waals surface area contributed by atoms with Crippen LogP contribution in [0.1, 0.15) is 12.5 Å². The first kappa shape index (κ1) is 11.8. The van der Waals surface area contributed by atoms with Gasteiger partial charge in [0.2, 0.25) is 0 Å². The molecule has 0 aliphatic carbocycles. The molecule has 2 rings (SSSR count). The number of hydrogen-bond donors (Lipinski definition) is 0. The molecule has 16 heavy (non-hydrogen) atoms. The van der Waals surface area contributed by atoms with Gasteiger partial charge in [0.1, 0.15) is 4.28 Å². The average molecular weight is 296 g/mol. The lowest BCUT2D eigenvalue weighted by Gasteiger charge is -2.23. The van der Waals surface area contributed by atoms with E-state index in [1.807, 2.05) is 12.1 Å². The molecule has 0 bridgehead atoms. The van der Waals surface area contributed by atoms with Gasteiger partial charge < -0.3 is 4.90 Å². The predicted molar refractivity (Wildman–Crippen MR) is 75.2 cm³/mol. The van der Waals surface area contributed by atoms with Gasteiger partial charge >= 0.3 is 0 Å². The van der Waals surface area contributed by atoms with Crippen LogP contribution in [0.15, 0.2) is 53.6 Å². The Balaban J connectivity index is 2.16. The van der Waals surface area contributed by atoms with Gasteiger partial charge in [-0.15, -0.1) is 0 Å². The maximum atomic E-state index is 3.84. The molecule has 0 radical (unpaired) electrons. The molecule has 1 aromatic rings. The fourth-order valence-electron chi connectivity index (χ4n) is 1.71. The van der Waals surface area contributed by atoms with E-state index in [9.17, 15) is 0 Å². The van der Waals surface area contributed by atoms with Crippen LogP contribution in [0.3, 0.4) is 0 Å². The number of rotatable bonds is 3. The number of halogens is 1. The molecule has 0 saturated carbocycles. The molecule has 0 saturated heterocycles. The normalized spacial score (nSPS) is 20.4. The minimum Gasteiger partial charge on any atom is -0.348 e. The van der Waals surface area contributed by atoms with Crippen molar-refractivity contribution in [2.75, 3.05) is 0 Å². The second kappa shape index (κ2) is 5.11. The van der Waals surface area contributed by atoms with Crippen LogP contribution >= 0.6 is 27.7 Å². The zero-order valence-electron chi connectivity index (χ0n) is 9.19. The minimum absolute atomic E-state index is 0.320. The number of allylic oxidation sites excluding steroid dienone is 2. The summed E-state index contributed by atoms with van der Waals surface area (Å²) in [6.45, 7) is 6.93. The van der Waals surface area contributed by atoms with Gasteiger partial charge in [-0.1, -0.05) is 70.7 Å². The smallest absolute Gasteiger partial charge is 0.136 e. The third kappa shape index (κ3) is 2.36. The first-order chi connectivity index (χ1) is 7.72. The lowest BCUT2D eigenvalue weighted by atomic mass is 10.2. The van der Waals surface area contributed by atoms with E-state index in [-0.39, 0.29) is 0 Å². The third-order valence-corrected chi connectivity index (χ3v) is 4.86. The van der Waals surface area contributed by atoms with Crippen LogP contribution in [0.4, 0.5) is 0 Å². The van der Waals surface area contributed by atoms with E-state index in [0.29, 0.717) is 4.28 Å². The van der Waals surface area contributed by atoms with Crippen LogP contribution in [-0.4, -0.2) is 9.18 Å². The van der Waals surface area contributed by atoms with Crippen molar-refractivity contribution in [2.24, 2.45) is 0 Å². The molecule has 84 valence electrons. The molecule has 1 atom stereocenters. The van der Waals surface area contributed by atoms with Crippen molar-refractivity contribution in [2.45, 2.75) is 17.8 Å². The molecule has 1 aromatic carbocycles. The number of hydrogen-bond acceptors (Lipinski definition) is 2. The molecule has 0 spiro atoms. The van der Waals surface area contributed by atoms with Crippen molar-refractivity contribution in [3.05, 3.63) is 59.2 Å². The Morgan fingerprint density at radius 1 is 1.44 bits per heavy atom. The van der Waals surface area contributed by atoms with E-state index in [1.165, 1.54) is 16.2 Å². The van der Waals surface area contributed by atoms with Crippen LogP contribution in [-0.2, 0) is 6.54 Å². The highest BCUT2D eigenvalue weighted by Crippen LogP contribution is 2.42. The molecule has 0 amide bonds. The van der Waals surface area contributed by atoms with Crippen LogP contribution in [0.2, 0.25) is 0 Å². The van der Waals surface area contributed by atoms with Gasteiger partial charge in [-0.05, 0) is 12.5 Å². The summed E-state index contributed by atoms with van der Waals surface area (Å²) in [5.74, 6) is 0. The van der Waals surface area contributed by atoms with E-state index in [2.05, 4.69) is 58.6 Å². The second-order valence-corrected chi connectivity index (χ2v) is 6.27. The quantitative estimate of drug-likeness (QED) is 0.603. The molecule has 0 fully saturated rings. The molecule has 1 heterocycles. The highest BCUT2D eigenvalue weighted by Gasteiger charge is 2.26. The monoisotopic (exact) mass is 295 g/mol. The number of thioether (sulfide) groups is 1. The fraction of sp³-hybridized carbons (Fsp3) is 0.231. The van der Waals surface area contributed by atoms with Crippen LogP contribution in [0, 0.1) is 0 Å². The highest BCUT2D eigenvalue weighted by molar-refractivity contribution is 9.11. The zero-order valence-corrected chi connectivity index (χ0v) is 11.6. The summed E-state index contributed by atoms with van der Waals surface area (Å²) in [4.78, 5) is 3.61. The molecule has 0 N–H and O–H groups in total. The minimum atomic E-state index is 0.320. The molecular formula is C13H14BrNS. The summed E-state index contributed by atoms with van der Waals surface area (Å²) >= 11 is 5.49. The van der Waals surface area contributed by atoms with Crippen molar-refractivity contribution in [3.8, 4) is 0 Å². The van der Waals surface area contributed by atoms with Crippen LogP contribution in [0.25, 0.3) is 0 Å². The molecule has 1 aliphatic rings. The van der Waals surface area contributed by atoms with Gasteiger partial charge in [-0.3, -0.25) is 0 Å². The fourth-order valence-corrected chi connectivity index (χ4v) is 3.72. The number of benzene rings is 1. The number of alkyl halides is 1. The molecule has 0 aromatic heterocycles. The molecule has 1 nitrogen and oxygen atoms in total. The maximum absolute atomic E-state index is 3.84. The maximum Gasteiger partial charge on any atom is 0.136 e. The highest BCUT2D eigenvalue weighted by atomic mass is 79.9. The van der Waals surface area contributed by atoms with Crippen LogP contribution in [0.5, 0.6) is 0 Å². The van der Waals surface area contributed by atoms with Gasteiger partial charge in [0.25, 0.3) is 0 Å². The predicted octanol–water partition coefficient (Wildman–Crippen LogP) is 4.33. The molecule has 3 heteroatoms. The lowest BCUT2D eigenvalue weighted by Crippen LogP contribution is -2.22. The Bertz CT molecular complexity index is 413. The van der Waals surface area contributed by atoms with Crippen molar-refractivity contribution >= 4 is 27.7 Å². The first-order valence-electron chi connectivity index (χ1n) is 5.17. The average Bonchev–Trinajstić information content (AvgIpc) is 2.58. The Morgan fingerprint density at radius 2 is 2.12 bits per heavy atom. The second-order valence-electron chi connectivity index (χ2n) is 3.68. The van der Waals surface area contributed by atoms with E-state index in [0.717, 1.165) is 6.54 Å². The van der Waals surface area contributed by atoms with Crippen molar-refractivity contribution in [1.29, 1.82) is 0 Å². The molecule has 1 aliphatic heterocycles. The van der Waals surface area contributed by atoms with Gasteiger partial charge in [-0.25, -0.2) is 0 Å². The standard InChI is InChI=1S/C13H14BrNS/c1-3-12-10(2)15(13(14)16-12)9-11-7-5-4-6-8-11/h3-8,13H,1,9H2,2H3. The summed E-state index contributed by atoms with van der Waals surface area (Å²) in [7, 11) is 0. The van der Waals surface area contributed by atoms with Gasteiger partial charge in [0.05, 0.1) is 0 Å². The largest absolute Gasteiger partial charge is 0.348 e. The summed E-state index contributed by atoms with van der Waals surface area (Å²) in [5.41, 5.74) is 2.63. The summed E-state index contributed by atoms with van der Waals surface area (Å²) in [6.07, 6.45) is 1.93. The molecule has 1 unspecified atom stereocenters. The van der Waals surface area contributed by atoms with Gasteiger partial charge in [0, 0.05) is 17.1 Å².